The van der Waals surface area contributed by atoms with Gasteiger partial charge in [-0.1, -0.05) is 53.2 Å². The second kappa shape index (κ2) is 6.48. The van der Waals surface area contributed by atoms with Crippen molar-refractivity contribution in [2.75, 3.05) is 7.05 Å². The van der Waals surface area contributed by atoms with Gasteiger partial charge in [0.05, 0.1) is 0 Å². The number of amides is 1. The van der Waals surface area contributed by atoms with Crippen LogP contribution in [0.4, 0.5) is 0 Å². The smallest absolute Gasteiger partial charge is 0.233 e. The van der Waals surface area contributed by atoms with Gasteiger partial charge in [0.1, 0.15) is 11.6 Å². The molecular formula is C20H22N2O2. The molecule has 0 fully saturated rings. The predicted octanol–water partition coefficient (Wildman–Crippen LogP) is 3.45. The molecule has 1 heterocycles. The summed E-state index contributed by atoms with van der Waals surface area (Å²) in [6.45, 7) is 6.17. The molecule has 4 heteroatoms. The van der Waals surface area contributed by atoms with Gasteiger partial charge in [-0.2, -0.15) is 0 Å². The summed E-state index contributed by atoms with van der Waals surface area (Å²) < 4.78 is 0. The normalized spacial score (nSPS) is 19.6. The van der Waals surface area contributed by atoms with Crippen LogP contribution < -0.4 is 5.32 Å². The summed E-state index contributed by atoms with van der Waals surface area (Å²) in [5.41, 5.74) is 6.08. The van der Waals surface area contributed by atoms with Crippen LogP contribution in [0.25, 0.3) is 0 Å². The molecule has 0 aliphatic carbocycles. The van der Waals surface area contributed by atoms with E-state index in [-0.39, 0.29) is 5.91 Å². The van der Waals surface area contributed by atoms with Crippen molar-refractivity contribution in [3.8, 4) is 0 Å². The van der Waals surface area contributed by atoms with E-state index in [9.17, 15) is 4.79 Å². The molecule has 0 radical (unpaired) electrons. The van der Waals surface area contributed by atoms with Crippen LogP contribution in [-0.4, -0.2) is 18.7 Å². The summed E-state index contributed by atoms with van der Waals surface area (Å²) in [4.78, 5) is 18.3. The highest BCUT2D eigenvalue weighted by atomic mass is 16.6. The molecule has 0 aromatic heterocycles. The first kappa shape index (κ1) is 16.2. The Kier molecular flexibility index (Phi) is 4.38. The number of hydrogen-bond donors (Lipinski definition) is 1. The Hall–Kier alpha value is -2.62. The fourth-order valence-corrected chi connectivity index (χ4v) is 3.47. The average molecular weight is 322 g/mol. The van der Waals surface area contributed by atoms with Gasteiger partial charge in [0.25, 0.3) is 0 Å². The third kappa shape index (κ3) is 2.80. The first-order chi connectivity index (χ1) is 11.5. The third-order valence-corrected chi connectivity index (χ3v) is 4.45. The molecule has 1 aliphatic rings. The molecule has 1 amide bonds. The maximum atomic E-state index is 12.6. The summed E-state index contributed by atoms with van der Waals surface area (Å²) in [7, 11) is 1.65. The van der Waals surface area contributed by atoms with Crippen LogP contribution in [0.5, 0.6) is 0 Å². The lowest BCUT2D eigenvalue weighted by Gasteiger charge is -2.19. The Morgan fingerprint density at radius 1 is 1.08 bits per heavy atom. The van der Waals surface area contributed by atoms with E-state index in [1.807, 2.05) is 30.3 Å². The second-order valence-corrected chi connectivity index (χ2v) is 6.28. The Morgan fingerprint density at radius 3 is 2.29 bits per heavy atom. The van der Waals surface area contributed by atoms with E-state index in [1.54, 1.807) is 7.05 Å². The Labute approximate surface area is 142 Å². The van der Waals surface area contributed by atoms with E-state index in [0.29, 0.717) is 5.71 Å². The van der Waals surface area contributed by atoms with Crippen molar-refractivity contribution in [1.29, 1.82) is 0 Å². The zero-order valence-electron chi connectivity index (χ0n) is 14.5. The highest BCUT2D eigenvalue weighted by Crippen LogP contribution is 2.36. The van der Waals surface area contributed by atoms with Crippen molar-refractivity contribution in [2.24, 2.45) is 11.1 Å². The number of carbonyl (C=O) groups is 1. The van der Waals surface area contributed by atoms with Crippen molar-refractivity contribution in [1.82, 2.24) is 5.32 Å². The van der Waals surface area contributed by atoms with Crippen molar-refractivity contribution in [3.63, 3.8) is 0 Å². The third-order valence-electron chi connectivity index (χ3n) is 4.45. The van der Waals surface area contributed by atoms with Crippen LogP contribution in [0.1, 0.15) is 33.9 Å². The minimum absolute atomic E-state index is 0.0838. The molecule has 0 bridgehead atoms. The highest BCUT2D eigenvalue weighted by molar-refractivity contribution is 6.15. The lowest BCUT2D eigenvalue weighted by Crippen LogP contribution is -2.35. The minimum atomic E-state index is -0.461. The van der Waals surface area contributed by atoms with Gasteiger partial charge in [-0.05, 0) is 37.5 Å². The largest absolute Gasteiger partial charge is 0.386 e. The summed E-state index contributed by atoms with van der Waals surface area (Å²) in [6, 6.07) is 14.0. The van der Waals surface area contributed by atoms with Gasteiger partial charge in [0, 0.05) is 12.6 Å². The van der Waals surface area contributed by atoms with E-state index in [1.165, 1.54) is 5.56 Å². The highest BCUT2D eigenvalue weighted by Gasteiger charge is 2.41. The summed E-state index contributed by atoms with van der Waals surface area (Å²) in [6.07, 6.45) is -0.402. The van der Waals surface area contributed by atoms with E-state index < -0.39 is 12.0 Å². The minimum Gasteiger partial charge on any atom is -0.386 e. The van der Waals surface area contributed by atoms with Crippen LogP contribution in [0, 0.1) is 26.7 Å². The molecule has 1 N–H and O–H groups in total. The quantitative estimate of drug-likeness (QED) is 0.941. The van der Waals surface area contributed by atoms with Crippen LogP contribution in [0.15, 0.2) is 47.6 Å². The zero-order chi connectivity index (χ0) is 17.3. The van der Waals surface area contributed by atoms with E-state index in [2.05, 4.69) is 43.4 Å². The second-order valence-electron chi connectivity index (χ2n) is 6.28. The van der Waals surface area contributed by atoms with Gasteiger partial charge in [0.15, 0.2) is 6.10 Å². The molecule has 24 heavy (non-hydrogen) atoms. The molecule has 2 aromatic rings. The van der Waals surface area contributed by atoms with Gasteiger partial charge in [-0.25, -0.2) is 0 Å². The maximum absolute atomic E-state index is 12.6. The van der Waals surface area contributed by atoms with Crippen LogP contribution in [-0.2, 0) is 9.63 Å². The topological polar surface area (TPSA) is 50.7 Å². The van der Waals surface area contributed by atoms with Crippen molar-refractivity contribution < 1.29 is 9.63 Å². The SMILES string of the molecule is CNC(=O)[C@@H]1C(c2c(C)cc(C)cc2C)=NO[C@H]1c1ccccc1. The Bertz CT molecular complexity index is 774. The number of oxime groups is 1. The van der Waals surface area contributed by atoms with Crippen molar-refractivity contribution in [3.05, 3.63) is 70.3 Å². The number of carbonyl (C=O) groups excluding carboxylic acids is 1. The van der Waals surface area contributed by atoms with Crippen LogP contribution in [0.2, 0.25) is 0 Å². The monoisotopic (exact) mass is 322 g/mol. The van der Waals surface area contributed by atoms with Gasteiger partial charge in [0.2, 0.25) is 5.91 Å². The maximum Gasteiger partial charge on any atom is 0.233 e. The van der Waals surface area contributed by atoms with E-state index in [0.717, 1.165) is 22.3 Å². The standard InChI is InChI=1S/C20H22N2O2/c1-12-10-13(2)16(14(3)11-12)18-17(20(23)21-4)19(24-22-18)15-8-6-5-7-9-15/h5-11,17,19H,1-4H3,(H,21,23)/t17-,19+/m1/s1. The lowest BCUT2D eigenvalue weighted by molar-refractivity contribution is -0.125. The number of hydrogen-bond acceptors (Lipinski definition) is 3. The zero-order valence-corrected chi connectivity index (χ0v) is 14.5. The molecule has 0 spiro atoms. The summed E-state index contributed by atoms with van der Waals surface area (Å²) in [5.74, 6) is -0.544. The lowest BCUT2D eigenvalue weighted by atomic mass is 9.84. The summed E-state index contributed by atoms with van der Waals surface area (Å²) >= 11 is 0. The first-order valence-corrected chi connectivity index (χ1v) is 8.11. The van der Waals surface area contributed by atoms with Gasteiger partial charge >= 0.3 is 0 Å². The average Bonchev–Trinajstić information content (AvgIpc) is 2.98. The van der Waals surface area contributed by atoms with Gasteiger partial charge in [-0.3, -0.25) is 4.79 Å². The molecule has 3 rings (SSSR count). The molecular weight excluding hydrogens is 300 g/mol. The Morgan fingerprint density at radius 2 is 1.71 bits per heavy atom. The van der Waals surface area contributed by atoms with Gasteiger partial charge < -0.3 is 10.2 Å². The van der Waals surface area contributed by atoms with Crippen LogP contribution >= 0.6 is 0 Å². The first-order valence-electron chi connectivity index (χ1n) is 8.11. The fourth-order valence-electron chi connectivity index (χ4n) is 3.47. The number of benzene rings is 2. The number of aryl methyl sites for hydroxylation is 3. The molecule has 2 aromatic carbocycles. The molecule has 4 nitrogen and oxygen atoms in total. The molecule has 124 valence electrons. The van der Waals surface area contributed by atoms with Crippen molar-refractivity contribution >= 4 is 11.6 Å². The molecule has 2 atom stereocenters. The fraction of sp³-hybridized carbons (Fsp3) is 0.300. The number of nitrogens with one attached hydrogen (secondary N) is 1. The number of nitrogens with zero attached hydrogens (tertiary/aromatic N) is 1. The predicted molar refractivity (Wildman–Crippen MR) is 95.0 cm³/mol. The van der Waals surface area contributed by atoms with Crippen molar-refractivity contribution in [2.45, 2.75) is 26.9 Å². The summed E-state index contributed by atoms with van der Waals surface area (Å²) in [5, 5.41) is 7.08. The molecule has 0 saturated carbocycles. The van der Waals surface area contributed by atoms with Gasteiger partial charge in [-0.15, -0.1) is 0 Å². The van der Waals surface area contributed by atoms with E-state index in [4.69, 9.17) is 4.84 Å². The Balaban J connectivity index is 2.07. The van der Waals surface area contributed by atoms with Crippen LogP contribution in [0.3, 0.4) is 0 Å². The van der Waals surface area contributed by atoms with E-state index >= 15 is 0 Å². The number of rotatable bonds is 3. The molecule has 0 saturated heterocycles. The molecule has 0 unspecified atom stereocenters. The molecule has 1 aliphatic heterocycles.